The zero-order valence-electron chi connectivity index (χ0n) is 53.6. The van der Waals surface area contributed by atoms with Crippen LogP contribution in [0, 0.1) is 0 Å². The van der Waals surface area contributed by atoms with E-state index in [0.717, 1.165) is 84.3 Å². The molecular formula is C83H80ClN3O. The van der Waals surface area contributed by atoms with Crippen LogP contribution in [0.5, 0.6) is 0 Å². The van der Waals surface area contributed by atoms with Crippen molar-refractivity contribution < 1.29 is 4.42 Å². The van der Waals surface area contributed by atoms with E-state index in [2.05, 4.69) is 330 Å². The second-order valence-electron chi connectivity index (χ2n) is 29.0. The lowest BCUT2D eigenvalue weighted by Crippen LogP contribution is -2.19. The summed E-state index contributed by atoms with van der Waals surface area (Å²) >= 11 is 8.46. The van der Waals surface area contributed by atoms with Crippen LogP contribution in [0.25, 0.3) is 55.0 Å². The second-order valence-corrected chi connectivity index (χ2v) is 29.3. The van der Waals surface area contributed by atoms with Crippen LogP contribution >= 0.6 is 11.6 Å². The Morgan fingerprint density at radius 3 is 1.26 bits per heavy atom. The van der Waals surface area contributed by atoms with Gasteiger partial charge in [0.2, 0.25) is 0 Å². The number of rotatable bonds is 10. The predicted octanol–water partition coefficient (Wildman–Crippen LogP) is 25.0. The predicted molar refractivity (Wildman–Crippen MR) is 378 cm³/mol. The zero-order chi connectivity index (χ0) is 61.8. The molecule has 0 atom stereocenters. The maximum Gasteiger partial charge on any atom is 0.135 e. The molecule has 88 heavy (non-hydrogen) atoms. The number of furan rings is 1. The van der Waals surface area contributed by atoms with Gasteiger partial charge in [-0.25, -0.2) is 0 Å². The molecule has 0 N–H and O–H groups in total. The van der Waals surface area contributed by atoms with Crippen molar-refractivity contribution in [2.75, 3.05) is 14.7 Å². The van der Waals surface area contributed by atoms with Crippen molar-refractivity contribution in [1.82, 2.24) is 0 Å². The number of para-hydroxylation sites is 1. The van der Waals surface area contributed by atoms with Gasteiger partial charge in [-0.15, -0.1) is 0 Å². The Bertz CT molecular complexity index is 4330. The summed E-state index contributed by atoms with van der Waals surface area (Å²) in [7, 11) is 0. The third kappa shape index (κ3) is 10.6. The molecule has 1 heterocycles. The summed E-state index contributed by atoms with van der Waals surface area (Å²) in [6.07, 6.45) is 0. The van der Waals surface area contributed by atoms with Gasteiger partial charge >= 0.3 is 0 Å². The standard InChI is InChI=1S/C83H80ClN3O/c1-79(2,3)58-27-36-62(37-28-58)86(63-38-29-59(30-39-63)80(4,5)6)73-51-68(52-74(78(73)84)87(64-40-31-60(32-41-64)81(7,8)9)65-42-33-61(34-43-65)82(10,11)12)85(66-35-25-54-47-57(24-23-55(54)48-66)76-49-56-20-16-18-22-75(56)88-76)67-44-45-70-72(50-67)83(13,14)71-46-26-53-19-15-17-21-69(53)77(70)71/h15-52H,1-14H3. The molecule has 440 valence electrons. The van der Waals surface area contributed by atoms with Crippen molar-refractivity contribution in [2.24, 2.45) is 0 Å². The molecule has 0 saturated carbocycles. The Balaban J connectivity index is 1.10. The molecule has 0 bridgehead atoms. The second kappa shape index (κ2) is 21.5. The highest BCUT2D eigenvalue weighted by Crippen LogP contribution is 2.56. The van der Waals surface area contributed by atoms with E-state index in [1.54, 1.807) is 0 Å². The highest BCUT2D eigenvalue weighted by Gasteiger charge is 2.38. The summed E-state index contributed by atoms with van der Waals surface area (Å²) in [4.78, 5) is 7.19. The highest BCUT2D eigenvalue weighted by atomic mass is 35.5. The van der Waals surface area contributed by atoms with Crippen LogP contribution in [-0.4, -0.2) is 0 Å². The van der Waals surface area contributed by atoms with E-state index in [1.165, 1.54) is 55.3 Å². The van der Waals surface area contributed by atoms with Gasteiger partial charge < -0.3 is 19.1 Å². The molecule has 0 saturated heterocycles. The Labute approximate surface area is 526 Å². The van der Waals surface area contributed by atoms with E-state index < -0.39 is 0 Å². The van der Waals surface area contributed by atoms with Gasteiger partial charge in [-0.3, -0.25) is 0 Å². The molecule has 0 spiro atoms. The molecule has 0 fully saturated rings. The van der Waals surface area contributed by atoms with E-state index >= 15 is 0 Å². The fraction of sp³-hybridized carbons (Fsp3) is 0.229. The Morgan fingerprint density at radius 1 is 0.341 bits per heavy atom. The van der Waals surface area contributed by atoms with Crippen molar-refractivity contribution >= 4 is 95.3 Å². The average Bonchev–Trinajstić information content (AvgIpc) is 1.53. The largest absolute Gasteiger partial charge is 0.456 e. The van der Waals surface area contributed by atoms with E-state index in [1.807, 2.05) is 12.1 Å². The van der Waals surface area contributed by atoms with E-state index in [4.69, 9.17) is 16.0 Å². The van der Waals surface area contributed by atoms with Crippen molar-refractivity contribution in [3.8, 4) is 22.5 Å². The van der Waals surface area contributed by atoms with Crippen LogP contribution in [0.4, 0.5) is 51.2 Å². The van der Waals surface area contributed by atoms with Crippen LogP contribution in [0.1, 0.15) is 130 Å². The Hall–Kier alpha value is -8.83. The van der Waals surface area contributed by atoms with Crippen LogP contribution in [0.15, 0.2) is 235 Å². The van der Waals surface area contributed by atoms with Gasteiger partial charge in [0.1, 0.15) is 11.3 Å². The number of hydrogen-bond donors (Lipinski definition) is 0. The molecule has 1 aliphatic carbocycles. The topological polar surface area (TPSA) is 22.9 Å². The summed E-state index contributed by atoms with van der Waals surface area (Å²) in [5, 5.41) is 6.44. The zero-order valence-corrected chi connectivity index (χ0v) is 54.3. The molecule has 0 radical (unpaired) electrons. The summed E-state index contributed by atoms with van der Waals surface area (Å²) in [5.74, 6) is 0.848. The number of fused-ring (bicyclic) bond motifs is 7. The molecule has 1 aliphatic rings. The lowest BCUT2D eigenvalue weighted by atomic mass is 9.82. The summed E-state index contributed by atoms with van der Waals surface area (Å²) in [6, 6.07) is 85.5. The Morgan fingerprint density at radius 2 is 0.761 bits per heavy atom. The molecule has 1 aromatic heterocycles. The van der Waals surface area contributed by atoms with Crippen molar-refractivity contribution in [2.45, 2.75) is 124 Å². The minimum atomic E-state index is -0.298. The van der Waals surface area contributed by atoms with Gasteiger partial charge in [-0.05, 0) is 191 Å². The van der Waals surface area contributed by atoms with Gasteiger partial charge in [-0.2, -0.15) is 0 Å². The van der Waals surface area contributed by atoms with Gasteiger partial charge in [0, 0.05) is 50.5 Å². The third-order valence-corrected chi connectivity index (χ3v) is 18.7. The molecule has 5 heteroatoms. The number of benzene rings is 11. The average molecular weight is 1170 g/mol. The van der Waals surface area contributed by atoms with Crippen LogP contribution in [0.3, 0.4) is 0 Å². The first-order valence-electron chi connectivity index (χ1n) is 31.2. The van der Waals surface area contributed by atoms with Crippen molar-refractivity contribution in [1.29, 1.82) is 0 Å². The first-order chi connectivity index (χ1) is 41.8. The number of hydrogen-bond acceptors (Lipinski definition) is 4. The van der Waals surface area contributed by atoms with E-state index in [-0.39, 0.29) is 27.1 Å². The normalized spacial score (nSPS) is 13.3. The van der Waals surface area contributed by atoms with Crippen LogP contribution in [0.2, 0.25) is 5.02 Å². The lowest BCUT2D eigenvalue weighted by molar-refractivity contribution is 0.590. The van der Waals surface area contributed by atoms with Gasteiger partial charge in [0.25, 0.3) is 0 Å². The first kappa shape index (κ1) is 58.2. The molecule has 11 aromatic carbocycles. The van der Waals surface area contributed by atoms with E-state index in [0.29, 0.717) is 5.02 Å². The fourth-order valence-electron chi connectivity index (χ4n) is 13.1. The van der Waals surface area contributed by atoms with Gasteiger partial charge in [-0.1, -0.05) is 236 Å². The minimum Gasteiger partial charge on any atom is -0.456 e. The molecule has 0 amide bonds. The number of halogens is 1. The van der Waals surface area contributed by atoms with Gasteiger partial charge in [0.15, 0.2) is 0 Å². The molecule has 0 aliphatic heterocycles. The highest BCUT2D eigenvalue weighted by molar-refractivity contribution is 6.37. The fourth-order valence-corrected chi connectivity index (χ4v) is 13.3. The third-order valence-electron chi connectivity index (χ3n) is 18.3. The molecule has 0 unspecified atom stereocenters. The summed E-state index contributed by atoms with van der Waals surface area (Å²) in [6.45, 7) is 32.1. The molecule has 13 rings (SSSR count). The number of anilines is 9. The molecule has 4 nitrogen and oxygen atoms in total. The van der Waals surface area contributed by atoms with Crippen molar-refractivity contribution in [3.63, 3.8) is 0 Å². The number of nitrogens with zero attached hydrogens (tertiary/aromatic N) is 3. The quantitative estimate of drug-likeness (QED) is 0.136. The summed E-state index contributed by atoms with van der Waals surface area (Å²) in [5.41, 5.74) is 20.3. The van der Waals surface area contributed by atoms with Crippen LogP contribution < -0.4 is 14.7 Å². The molecule has 12 aromatic rings. The van der Waals surface area contributed by atoms with E-state index in [9.17, 15) is 0 Å². The maximum absolute atomic E-state index is 8.46. The minimum absolute atomic E-state index is 0.0533. The van der Waals surface area contributed by atoms with Gasteiger partial charge in [0.05, 0.1) is 22.1 Å². The Kier molecular flexibility index (Phi) is 14.2. The SMILES string of the molecule is CC(C)(C)c1ccc(N(c2ccc(C(C)(C)C)cc2)c2cc(N(c3ccc4c(c3)C(C)(C)c3ccc5ccccc5c3-4)c3ccc4cc(-c5cc6ccccc6o5)ccc4c3)cc(N(c3ccc(C(C)(C)C)cc3)c3ccc(C(C)(C)C)cc3)c2Cl)cc1. The van der Waals surface area contributed by atoms with Crippen LogP contribution in [-0.2, 0) is 27.1 Å². The smallest absolute Gasteiger partial charge is 0.135 e. The monoisotopic (exact) mass is 1170 g/mol. The first-order valence-corrected chi connectivity index (χ1v) is 31.5. The lowest BCUT2D eigenvalue weighted by Gasteiger charge is -2.35. The molecular weight excluding hydrogens is 1090 g/mol. The van der Waals surface area contributed by atoms with Crippen molar-refractivity contribution in [3.05, 3.63) is 269 Å². The maximum atomic E-state index is 8.46. The summed E-state index contributed by atoms with van der Waals surface area (Å²) < 4.78 is 6.43.